The predicted molar refractivity (Wildman–Crippen MR) is 112 cm³/mol. The molecule has 5 aliphatic rings. The van der Waals surface area contributed by atoms with Gasteiger partial charge in [-0.1, -0.05) is 31.2 Å². The first kappa shape index (κ1) is 19.8. The molecule has 0 aromatic heterocycles. The molecule has 3 saturated carbocycles. The quantitative estimate of drug-likeness (QED) is 0.572. The van der Waals surface area contributed by atoms with Gasteiger partial charge in [0.2, 0.25) is 0 Å². The van der Waals surface area contributed by atoms with E-state index in [-0.39, 0.29) is 38.5 Å². The van der Waals surface area contributed by atoms with Gasteiger partial charge in [0.1, 0.15) is 5.60 Å². The topological polar surface area (TPSA) is 60.4 Å². The molecule has 29 heavy (non-hydrogen) atoms. The molecule has 158 valence electrons. The van der Waals surface area contributed by atoms with Gasteiger partial charge < -0.3 is 4.74 Å². The summed E-state index contributed by atoms with van der Waals surface area (Å²) in [4.78, 5) is 36.4. The van der Waals surface area contributed by atoms with Crippen molar-refractivity contribution in [3.05, 3.63) is 11.6 Å². The number of fused-ring (bicyclic) bond motifs is 6. The summed E-state index contributed by atoms with van der Waals surface area (Å²) in [6, 6.07) is 0. The van der Waals surface area contributed by atoms with E-state index in [4.69, 9.17) is 4.74 Å². The van der Waals surface area contributed by atoms with Gasteiger partial charge in [0.05, 0.1) is 0 Å². The van der Waals surface area contributed by atoms with E-state index in [1.54, 1.807) is 6.92 Å². The highest BCUT2D eigenvalue weighted by Crippen LogP contribution is 2.70. The first-order valence-electron chi connectivity index (χ1n) is 11.3. The molecule has 0 N–H and O–H groups in total. The third kappa shape index (κ3) is 2.61. The number of ether oxygens (including phenoxy) is 1. The average molecular weight is 417 g/mol. The van der Waals surface area contributed by atoms with E-state index < -0.39 is 0 Å². The number of esters is 1. The second-order valence-electron chi connectivity index (χ2n) is 10.6. The molecule has 5 rings (SSSR count). The number of hydrogen-bond acceptors (Lipinski definition) is 5. The van der Waals surface area contributed by atoms with Crippen molar-refractivity contribution in [2.45, 2.75) is 89.4 Å². The molecule has 4 fully saturated rings. The van der Waals surface area contributed by atoms with Crippen LogP contribution in [0.3, 0.4) is 0 Å². The van der Waals surface area contributed by atoms with Crippen LogP contribution in [0.4, 0.5) is 0 Å². The molecule has 0 bridgehead atoms. The van der Waals surface area contributed by atoms with Crippen LogP contribution in [0.15, 0.2) is 11.6 Å². The molecule has 5 heteroatoms. The van der Waals surface area contributed by atoms with E-state index in [2.05, 4.69) is 13.8 Å². The first-order valence-corrected chi connectivity index (χ1v) is 12.2. The second kappa shape index (κ2) is 6.45. The van der Waals surface area contributed by atoms with Crippen LogP contribution >= 0.6 is 11.8 Å². The van der Waals surface area contributed by atoms with Crippen molar-refractivity contribution in [1.82, 2.24) is 0 Å². The molecule has 1 saturated heterocycles. The number of rotatable bonds is 1. The Morgan fingerprint density at radius 3 is 2.52 bits per heavy atom. The highest BCUT2D eigenvalue weighted by molar-refractivity contribution is 8.14. The van der Waals surface area contributed by atoms with Crippen LogP contribution in [-0.2, 0) is 19.1 Å². The normalized spacial score (nSPS) is 48.6. The Labute approximate surface area is 177 Å². The van der Waals surface area contributed by atoms with Crippen molar-refractivity contribution in [3.8, 4) is 0 Å². The van der Waals surface area contributed by atoms with E-state index in [0.717, 1.165) is 44.9 Å². The molecular weight excluding hydrogens is 384 g/mol. The lowest BCUT2D eigenvalue weighted by Crippen LogP contribution is -2.57. The van der Waals surface area contributed by atoms with Crippen molar-refractivity contribution in [2.24, 2.45) is 28.6 Å². The van der Waals surface area contributed by atoms with Crippen LogP contribution in [0.5, 0.6) is 0 Å². The molecule has 0 radical (unpaired) electrons. The SMILES string of the molecule is CC(=O)SC1CC(=O)C=C2CCC3C(CCC4(C)C3CCC43CCC(=O)O3)C21C. The van der Waals surface area contributed by atoms with E-state index in [1.165, 1.54) is 17.3 Å². The van der Waals surface area contributed by atoms with Gasteiger partial charge in [0.15, 0.2) is 10.9 Å². The van der Waals surface area contributed by atoms with Gasteiger partial charge in [-0.15, -0.1) is 0 Å². The van der Waals surface area contributed by atoms with Crippen LogP contribution < -0.4 is 0 Å². The fourth-order valence-electron chi connectivity index (χ4n) is 8.24. The fourth-order valence-corrected chi connectivity index (χ4v) is 9.46. The van der Waals surface area contributed by atoms with Gasteiger partial charge in [0.25, 0.3) is 0 Å². The Kier molecular flexibility index (Phi) is 4.41. The number of hydrogen-bond donors (Lipinski definition) is 0. The molecular formula is C24H32O4S. The molecule has 1 spiro atoms. The monoisotopic (exact) mass is 416 g/mol. The maximum absolute atomic E-state index is 12.4. The summed E-state index contributed by atoms with van der Waals surface area (Å²) in [6.07, 6.45) is 10.3. The zero-order valence-electron chi connectivity index (χ0n) is 17.8. The van der Waals surface area contributed by atoms with E-state index >= 15 is 0 Å². The molecule has 1 heterocycles. The van der Waals surface area contributed by atoms with Crippen LogP contribution in [-0.4, -0.2) is 27.7 Å². The standard InChI is InChI=1S/C24H32O4S/c1-14(25)29-20-13-16(26)12-15-4-5-17-18-7-10-24(11-8-21(27)28-24)22(18,2)9-6-19(17)23(15,20)3/h12,17-20H,4-11,13H2,1-3H3. The van der Waals surface area contributed by atoms with Gasteiger partial charge in [0, 0.05) is 35.8 Å². The summed E-state index contributed by atoms with van der Waals surface area (Å²) >= 11 is 1.39. The van der Waals surface area contributed by atoms with Crippen LogP contribution in [0.1, 0.15) is 78.6 Å². The Bertz CT molecular complexity index is 818. The van der Waals surface area contributed by atoms with Gasteiger partial charge in [-0.25, -0.2) is 0 Å². The Hall–Kier alpha value is -1.10. The third-order valence-electron chi connectivity index (χ3n) is 9.68. The van der Waals surface area contributed by atoms with Gasteiger partial charge in [-0.05, 0) is 68.8 Å². The summed E-state index contributed by atoms with van der Waals surface area (Å²) in [6.45, 7) is 6.36. The van der Waals surface area contributed by atoms with E-state index in [0.29, 0.717) is 30.6 Å². The van der Waals surface area contributed by atoms with Crippen molar-refractivity contribution in [3.63, 3.8) is 0 Å². The second-order valence-corrected chi connectivity index (χ2v) is 12.0. The number of carbonyl (C=O) groups excluding carboxylic acids is 3. The molecule has 0 aromatic carbocycles. The summed E-state index contributed by atoms with van der Waals surface area (Å²) in [5, 5.41) is 0.176. The fraction of sp³-hybridized carbons (Fsp3) is 0.792. The average Bonchev–Trinajstić information content (AvgIpc) is 3.17. The largest absolute Gasteiger partial charge is 0.458 e. The van der Waals surface area contributed by atoms with E-state index in [9.17, 15) is 14.4 Å². The zero-order chi connectivity index (χ0) is 20.6. The van der Waals surface area contributed by atoms with Gasteiger partial charge in [-0.2, -0.15) is 0 Å². The van der Waals surface area contributed by atoms with Gasteiger partial charge in [-0.3, -0.25) is 14.4 Å². The van der Waals surface area contributed by atoms with Crippen molar-refractivity contribution in [1.29, 1.82) is 0 Å². The number of allylic oxidation sites excluding steroid dienone is 1. The zero-order valence-corrected chi connectivity index (χ0v) is 18.6. The smallest absolute Gasteiger partial charge is 0.306 e. The summed E-state index contributed by atoms with van der Waals surface area (Å²) in [5.41, 5.74) is 1.05. The Morgan fingerprint density at radius 2 is 1.83 bits per heavy atom. The lowest BCUT2D eigenvalue weighted by atomic mass is 9.46. The Balaban J connectivity index is 1.50. The molecule has 4 nitrogen and oxygen atoms in total. The maximum Gasteiger partial charge on any atom is 0.306 e. The van der Waals surface area contributed by atoms with E-state index in [1.807, 2.05) is 6.08 Å². The molecule has 4 aliphatic carbocycles. The molecule has 7 unspecified atom stereocenters. The summed E-state index contributed by atoms with van der Waals surface area (Å²) < 4.78 is 6.04. The minimum atomic E-state index is -0.243. The lowest BCUT2D eigenvalue weighted by Gasteiger charge is -2.60. The minimum Gasteiger partial charge on any atom is -0.458 e. The molecule has 0 amide bonds. The van der Waals surface area contributed by atoms with Crippen molar-refractivity contribution in [2.75, 3.05) is 0 Å². The van der Waals surface area contributed by atoms with Crippen LogP contribution in [0, 0.1) is 28.6 Å². The highest BCUT2D eigenvalue weighted by Gasteiger charge is 2.67. The lowest BCUT2D eigenvalue weighted by molar-refractivity contribution is -0.167. The number of ketones is 1. The van der Waals surface area contributed by atoms with Crippen molar-refractivity contribution >= 4 is 28.6 Å². The van der Waals surface area contributed by atoms with Crippen LogP contribution in [0.25, 0.3) is 0 Å². The van der Waals surface area contributed by atoms with Crippen molar-refractivity contribution < 1.29 is 19.1 Å². The maximum atomic E-state index is 12.4. The third-order valence-corrected chi connectivity index (χ3v) is 10.9. The molecule has 7 atom stereocenters. The van der Waals surface area contributed by atoms with Gasteiger partial charge >= 0.3 is 5.97 Å². The highest BCUT2D eigenvalue weighted by atomic mass is 32.2. The first-order chi connectivity index (χ1) is 13.7. The van der Waals surface area contributed by atoms with Crippen LogP contribution in [0.2, 0.25) is 0 Å². The Morgan fingerprint density at radius 1 is 1.07 bits per heavy atom. The summed E-state index contributed by atoms with van der Waals surface area (Å²) in [5.74, 6) is 1.85. The molecule has 0 aromatic rings. The minimum absolute atomic E-state index is 0.0152. The number of thioether (sulfide) groups is 1. The predicted octanol–water partition coefficient (Wildman–Crippen LogP) is 4.85. The summed E-state index contributed by atoms with van der Waals surface area (Å²) in [7, 11) is 0. The molecule has 1 aliphatic heterocycles. The number of carbonyl (C=O) groups is 3.